The van der Waals surface area contributed by atoms with E-state index in [1.807, 2.05) is 75.4 Å². The molecule has 4 aromatic rings. The highest BCUT2D eigenvalue weighted by Crippen LogP contribution is 2.28. The van der Waals surface area contributed by atoms with Gasteiger partial charge in [-0.3, -0.25) is 4.79 Å². The monoisotopic (exact) mass is 498 g/mol. The zero-order valence-corrected chi connectivity index (χ0v) is 21.2. The predicted octanol–water partition coefficient (Wildman–Crippen LogP) is 4.71. The molecule has 0 atom stereocenters. The second-order valence-electron chi connectivity index (χ2n) is 9.93. The van der Waals surface area contributed by atoms with Crippen molar-refractivity contribution in [1.82, 2.24) is 19.5 Å². The van der Waals surface area contributed by atoms with E-state index in [0.717, 1.165) is 16.8 Å². The largest absolute Gasteiger partial charge is 0.444 e. The van der Waals surface area contributed by atoms with E-state index in [0.29, 0.717) is 43.2 Å². The number of rotatable bonds is 4. The average molecular weight is 499 g/mol. The van der Waals surface area contributed by atoms with Crippen LogP contribution in [0.25, 0.3) is 16.8 Å². The summed E-state index contributed by atoms with van der Waals surface area (Å²) in [6.45, 7) is 7.93. The minimum absolute atomic E-state index is 0.301. The maximum atomic E-state index is 13.2. The van der Waals surface area contributed by atoms with Gasteiger partial charge < -0.3 is 19.9 Å². The molecule has 5 rings (SSSR count). The number of para-hydroxylation sites is 2. The molecule has 2 aromatic heterocycles. The highest BCUT2D eigenvalue weighted by atomic mass is 16.6. The van der Waals surface area contributed by atoms with E-state index in [4.69, 9.17) is 4.74 Å². The number of aromatic nitrogens is 3. The van der Waals surface area contributed by atoms with Crippen LogP contribution in [-0.4, -0.2) is 63.3 Å². The standard InChI is InChI=1S/C28H30N6O3/c1-28(2,3)37-27(36)33-17-15-32(16-18-33)24-12-8-7-11-22(24)31-26(35)23-13-14-34-25(30-23)21(19-29-34)20-9-5-4-6-10-20/h4-14,19H,15-18H2,1-3H3,(H,31,35). The van der Waals surface area contributed by atoms with E-state index in [9.17, 15) is 9.59 Å². The molecule has 9 nitrogen and oxygen atoms in total. The fourth-order valence-electron chi connectivity index (χ4n) is 4.31. The minimum Gasteiger partial charge on any atom is -0.444 e. The van der Waals surface area contributed by atoms with Crippen molar-refractivity contribution in [2.24, 2.45) is 0 Å². The first-order valence-electron chi connectivity index (χ1n) is 12.3. The Morgan fingerprint density at radius 3 is 2.35 bits per heavy atom. The van der Waals surface area contributed by atoms with Crippen molar-refractivity contribution in [3.63, 3.8) is 0 Å². The van der Waals surface area contributed by atoms with Crippen LogP contribution in [0.1, 0.15) is 31.3 Å². The lowest BCUT2D eigenvalue weighted by atomic mass is 10.1. The Labute approximate surface area is 215 Å². The molecular formula is C28H30N6O3. The summed E-state index contributed by atoms with van der Waals surface area (Å²) < 4.78 is 7.17. The summed E-state index contributed by atoms with van der Waals surface area (Å²) in [7, 11) is 0. The van der Waals surface area contributed by atoms with E-state index < -0.39 is 5.60 Å². The molecule has 1 saturated heterocycles. The van der Waals surface area contributed by atoms with Crippen LogP contribution in [0.15, 0.2) is 73.1 Å². The topological polar surface area (TPSA) is 92.1 Å². The summed E-state index contributed by atoms with van der Waals surface area (Å²) in [4.78, 5) is 34.2. The van der Waals surface area contributed by atoms with Crippen LogP contribution in [-0.2, 0) is 4.74 Å². The molecule has 0 spiro atoms. The zero-order chi connectivity index (χ0) is 26.0. The molecule has 190 valence electrons. The van der Waals surface area contributed by atoms with Crippen LogP contribution in [0, 0.1) is 0 Å². The van der Waals surface area contributed by atoms with Gasteiger partial charge in [0.1, 0.15) is 11.3 Å². The molecule has 0 bridgehead atoms. The van der Waals surface area contributed by atoms with Crippen molar-refractivity contribution in [2.45, 2.75) is 26.4 Å². The smallest absolute Gasteiger partial charge is 0.410 e. The Bertz CT molecular complexity index is 1420. The van der Waals surface area contributed by atoms with E-state index >= 15 is 0 Å². The fraction of sp³-hybridized carbons (Fsp3) is 0.286. The summed E-state index contributed by atoms with van der Waals surface area (Å²) in [5.74, 6) is -0.303. The van der Waals surface area contributed by atoms with Gasteiger partial charge in [-0.2, -0.15) is 5.10 Å². The summed E-state index contributed by atoms with van der Waals surface area (Å²) in [6.07, 6.45) is 3.20. The lowest BCUT2D eigenvalue weighted by molar-refractivity contribution is 0.0240. The van der Waals surface area contributed by atoms with Crippen molar-refractivity contribution >= 4 is 29.0 Å². The van der Waals surface area contributed by atoms with E-state index in [-0.39, 0.29) is 12.0 Å². The molecule has 2 aromatic carbocycles. The predicted molar refractivity (Wildman–Crippen MR) is 143 cm³/mol. The molecule has 1 aliphatic heterocycles. The van der Waals surface area contributed by atoms with Gasteiger partial charge in [-0.1, -0.05) is 42.5 Å². The number of ether oxygens (including phenoxy) is 1. The number of nitrogens with zero attached hydrogens (tertiary/aromatic N) is 5. The molecule has 9 heteroatoms. The van der Waals surface area contributed by atoms with Crippen LogP contribution in [0.4, 0.5) is 16.2 Å². The zero-order valence-electron chi connectivity index (χ0n) is 21.2. The Morgan fingerprint density at radius 1 is 0.919 bits per heavy atom. The average Bonchev–Trinajstić information content (AvgIpc) is 3.32. The number of carbonyl (C=O) groups is 2. The number of nitrogens with one attached hydrogen (secondary N) is 1. The molecule has 0 aliphatic carbocycles. The van der Waals surface area contributed by atoms with Crippen molar-refractivity contribution in [3.8, 4) is 11.1 Å². The third-order valence-electron chi connectivity index (χ3n) is 6.11. The van der Waals surface area contributed by atoms with Gasteiger partial charge >= 0.3 is 6.09 Å². The van der Waals surface area contributed by atoms with Gasteiger partial charge in [0.15, 0.2) is 5.65 Å². The first-order chi connectivity index (χ1) is 17.8. The van der Waals surface area contributed by atoms with Gasteiger partial charge in [0.2, 0.25) is 0 Å². The number of hydrogen-bond donors (Lipinski definition) is 1. The normalized spacial score (nSPS) is 14.0. The quantitative estimate of drug-likeness (QED) is 0.438. The molecule has 0 radical (unpaired) electrons. The van der Waals surface area contributed by atoms with E-state index in [1.165, 1.54) is 0 Å². The van der Waals surface area contributed by atoms with Gasteiger partial charge in [-0.15, -0.1) is 0 Å². The Morgan fingerprint density at radius 2 is 1.62 bits per heavy atom. The highest BCUT2D eigenvalue weighted by Gasteiger charge is 2.27. The number of hydrogen-bond acceptors (Lipinski definition) is 6. The van der Waals surface area contributed by atoms with Crippen molar-refractivity contribution in [2.75, 3.05) is 36.4 Å². The molecule has 1 aliphatic rings. The lowest BCUT2D eigenvalue weighted by Crippen LogP contribution is -2.50. The second kappa shape index (κ2) is 9.93. The third kappa shape index (κ3) is 5.40. The van der Waals surface area contributed by atoms with Gasteiger partial charge in [0.25, 0.3) is 5.91 Å². The Hall–Kier alpha value is -4.40. The molecule has 2 amide bonds. The maximum Gasteiger partial charge on any atom is 0.410 e. The molecule has 1 N–H and O–H groups in total. The molecule has 1 fully saturated rings. The van der Waals surface area contributed by atoms with Crippen LogP contribution in [0.2, 0.25) is 0 Å². The van der Waals surface area contributed by atoms with E-state index in [2.05, 4.69) is 20.3 Å². The van der Waals surface area contributed by atoms with Crippen LogP contribution in [0.5, 0.6) is 0 Å². The minimum atomic E-state index is -0.527. The van der Waals surface area contributed by atoms with Gasteiger partial charge in [0, 0.05) is 37.9 Å². The summed E-state index contributed by atoms with van der Waals surface area (Å²) in [5, 5.41) is 7.40. The van der Waals surface area contributed by atoms with Gasteiger partial charge in [-0.05, 0) is 44.5 Å². The Kier molecular flexibility index (Phi) is 6.52. The van der Waals surface area contributed by atoms with Gasteiger partial charge in [-0.25, -0.2) is 14.3 Å². The van der Waals surface area contributed by atoms with Crippen LogP contribution in [0.3, 0.4) is 0 Å². The third-order valence-corrected chi connectivity index (χ3v) is 6.11. The van der Waals surface area contributed by atoms with Crippen LogP contribution < -0.4 is 10.2 Å². The number of benzene rings is 2. The Balaban J connectivity index is 1.31. The fourth-order valence-corrected chi connectivity index (χ4v) is 4.31. The summed E-state index contributed by atoms with van der Waals surface area (Å²) in [5.41, 5.74) is 3.82. The number of piperazine rings is 1. The SMILES string of the molecule is CC(C)(C)OC(=O)N1CCN(c2ccccc2NC(=O)c2ccn3ncc(-c4ccccc4)c3n2)CC1. The maximum absolute atomic E-state index is 13.2. The number of anilines is 2. The molecule has 3 heterocycles. The highest BCUT2D eigenvalue weighted by molar-refractivity contribution is 6.05. The van der Waals surface area contributed by atoms with Crippen molar-refractivity contribution in [3.05, 3.63) is 78.8 Å². The number of fused-ring (bicyclic) bond motifs is 1. The van der Waals surface area contributed by atoms with Crippen molar-refractivity contribution in [1.29, 1.82) is 0 Å². The molecular weight excluding hydrogens is 468 g/mol. The molecule has 37 heavy (non-hydrogen) atoms. The first kappa shape index (κ1) is 24.3. The molecule has 0 saturated carbocycles. The lowest BCUT2D eigenvalue weighted by Gasteiger charge is -2.37. The number of amides is 2. The summed E-state index contributed by atoms with van der Waals surface area (Å²) >= 11 is 0. The number of carbonyl (C=O) groups excluding carboxylic acids is 2. The van der Waals surface area contributed by atoms with Crippen molar-refractivity contribution < 1.29 is 14.3 Å². The first-order valence-corrected chi connectivity index (χ1v) is 12.3. The van der Waals surface area contributed by atoms with E-state index in [1.54, 1.807) is 27.9 Å². The second-order valence-corrected chi connectivity index (χ2v) is 9.93. The summed E-state index contributed by atoms with van der Waals surface area (Å²) in [6, 6.07) is 19.2. The van der Waals surface area contributed by atoms with Crippen LogP contribution >= 0.6 is 0 Å². The van der Waals surface area contributed by atoms with Gasteiger partial charge in [0.05, 0.1) is 17.6 Å². The molecule has 0 unspecified atom stereocenters.